The zero-order valence-corrected chi connectivity index (χ0v) is 13.5. The van der Waals surface area contributed by atoms with Crippen LogP contribution in [0.15, 0.2) is 35.5 Å². The van der Waals surface area contributed by atoms with E-state index in [1.807, 2.05) is 6.92 Å². The van der Waals surface area contributed by atoms with E-state index in [1.54, 1.807) is 17.8 Å². The van der Waals surface area contributed by atoms with E-state index in [9.17, 15) is 18.3 Å². The van der Waals surface area contributed by atoms with Gasteiger partial charge in [0.2, 0.25) is 0 Å². The second-order valence-electron chi connectivity index (χ2n) is 4.59. The molecule has 0 amide bonds. The van der Waals surface area contributed by atoms with Gasteiger partial charge in [-0.3, -0.25) is 9.40 Å². The van der Waals surface area contributed by atoms with Crippen molar-refractivity contribution in [2.75, 3.05) is 11.3 Å². The highest BCUT2D eigenvalue weighted by molar-refractivity contribution is 7.92. The van der Waals surface area contributed by atoms with Gasteiger partial charge in [0, 0.05) is 12.7 Å². The molecule has 0 spiro atoms. The summed E-state index contributed by atoms with van der Waals surface area (Å²) >= 11 is 0. The molecule has 0 saturated carbocycles. The van der Waals surface area contributed by atoms with Crippen molar-refractivity contribution in [1.29, 1.82) is 0 Å². The first-order valence-electron chi connectivity index (χ1n) is 6.92. The molecule has 0 saturated heterocycles. The average molecular weight is 339 g/mol. The number of hydrogen-bond donors (Lipinski definition) is 2. The second-order valence-corrected chi connectivity index (χ2v) is 6.27. The Bertz CT molecular complexity index is 814. The van der Waals surface area contributed by atoms with Crippen molar-refractivity contribution < 1.29 is 23.1 Å². The lowest BCUT2D eigenvalue weighted by molar-refractivity contribution is 0.0692. The summed E-state index contributed by atoms with van der Waals surface area (Å²) in [5.74, 6) is -1.14. The van der Waals surface area contributed by atoms with Gasteiger partial charge in [0.05, 0.1) is 23.4 Å². The molecule has 0 unspecified atom stereocenters. The smallest absolute Gasteiger partial charge is 0.339 e. The maximum absolute atomic E-state index is 12.4. The lowest BCUT2D eigenvalue weighted by Gasteiger charge is -2.10. The van der Waals surface area contributed by atoms with Gasteiger partial charge in [-0.25, -0.2) is 13.2 Å². The number of benzene rings is 1. The minimum Gasteiger partial charge on any atom is -0.493 e. The molecule has 23 heavy (non-hydrogen) atoms. The third kappa shape index (κ3) is 3.81. The number of nitrogens with zero attached hydrogens (tertiary/aromatic N) is 2. The van der Waals surface area contributed by atoms with Crippen LogP contribution in [-0.4, -0.2) is 35.9 Å². The molecule has 0 atom stereocenters. The third-order valence-electron chi connectivity index (χ3n) is 3.00. The highest BCUT2D eigenvalue weighted by atomic mass is 32.2. The van der Waals surface area contributed by atoms with Crippen LogP contribution in [0.4, 0.5) is 5.69 Å². The maximum Gasteiger partial charge on any atom is 0.339 e. The first-order chi connectivity index (χ1) is 10.9. The van der Waals surface area contributed by atoms with Crippen molar-refractivity contribution in [3.8, 4) is 5.75 Å². The molecule has 0 fully saturated rings. The second kappa shape index (κ2) is 6.69. The summed E-state index contributed by atoms with van der Waals surface area (Å²) in [6.45, 7) is 4.47. The Balaban J connectivity index is 2.35. The molecule has 2 aromatic rings. The van der Waals surface area contributed by atoms with Crippen LogP contribution in [0.1, 0.15) is 24.2 Å². The monoisotopic (exact) mass is 339 g/mol. The molecule has 1 aromatic heterocycles. The first kappa shape index (κ1) is 16.8. The highest BCUT2D eigenvalue weighted by Gasteiger charge is 2.20. The molecule has 8 nitrogen and oxygen atoms in total. The Kier molecular flexibility index (Phi) is 4.89. The van der Waals surface area contributed by atoms with Crippen LogP contribution in [0.25, 0.3) is 0 Å². The predicted octanol–water partition coefficient (Wildman–Crippen LogP) is 1.80. The van der Waals surface area contributed by atoms with Gasteiger partial charge < -0.3 is 9.84 Å². The maximum atomic E-state index is 12.4. The van der Waals surface area contributed by atoms with E-state index in [2.05, 4.69) is 9.82 Å². The van der Waals surface area contributed by atoms with Crippen molar-refractivity contribution in [2.45, 2.75) is 25.3 Å². The molecule has 1 aromatic carbocycles. The number of carboxylic acids is 1. The minimum atomic E-state index is -3.92. The fourth-order valence-electron chi connectivity index (χ4n) is 1.93. The van der Waals surface area contributed by atoms with Crippen LogP contribution in [0.2, 0.25) is 0 Å². The zero-order chi connectivity index (χ0) is 17.0. The highest BCUT2D eigenvalue weighted by Crippen LogP contribution is 2.24. The van der Waals surface area contributed by atoms with Crippen LogP contribution in [0.5, 0.6) is 5.75 Å². The average Bonchev–Trinajstić information content (AvgIpc) is 2.94. The lowest BCUT2D eigenvalue weighted by Crippen LogP contribution is -2.14. The number of hydrogen-bond acceptors (Lipinski definition) is 5. The van der Waals surface area contributed by atoms with Crippen LogP contribution in [0, 0.1) is 0 Å². The summed E-state index contributed by atoms with van der Waals surface area (Å²) in [7, 11) is -3.92. The molecular weight excluding hydrogens is 322 g/mol. The zero-order valence-electron chi connectivity index (χ0n) is 12.7. The van der Waals surface area contributed by atoms with Gasteiger partial charge in [0.15, 0.2) is 0 Å². The molecule has 0 aliphatic rings. The molecule has 124 valence electrons. The van der Waals surface area contributed by atoms with Crippen LogP contribution in [-0.2, 0) is 16.6 Å². The largest absolute Gasteiger partial charge is 0.493 e. The van der Waals surface area contributed by atoms with Crippen LogP contribution in [0.3, 0.4) is 0 Å². The normalized spacial score (nSPS) is 11.2. The van der Waals surface area contributed by atoms with Crippen LogP contribution < -0.4 is 9.46 Å². The Morgan fingerprint density at radius 2 is 2.13 bits per heavy atom. The Morgan fingerprint density at radius 1 is 1.39 bits per heavy atom. The number of aromatic nitrogens is 2. The predicted molar refractivity (Wildman–Crippen MR) is 83.3 cm³/mol. The summed E-state index contributed by atoms with van der Waals surface area (Å²) in [5.41, 5.74) is 0.0941. The molecule has 0 bridgehead atoms. The van der Waals surface area contributed by atoms with Gasteiger partial charge in [-0.15, -0.1) is 0 Å². The molecule has 2 N–H and O–H groups in total. The molecule has 2 rings (SSSR count). The van der Waals surface area contributed by atoms with E-state index in [4.69, 9.17) is 4.74 Å². The van der Waals surface area contributed by atoms with Gasteiger partial charge in [-0.05, 0) is 32.0 Å². The number of anilines is 1. The molecule has 1 heterocycles. The van der Waals surface area contributed by atoms with Crippen molar-refractivity contribution in [2.24, 2.45) is 0 Å². The number of ether oxygens (including phenoxy) is 1. The summed E-state index contributed by atoms with van der Waals surface area (Å²) in [6, 6.07) is 3.70. The molecule has 9 heteroatoms. The van der Waals surface area contributed by atoms with Gasteiger partial charge in [0.25, 0.3) is 10.0 Å². The Morgan fingerprint density at radius 3 is 2.70 bits per heavy atom. The van der Waals surface area contributed by atoms with E-state index >= 15 is 0 Å². The van der Waals surface area contributed by atoms with Crippen LogP contribution >= 0.6 is 0 Å². The minimum absolute atomic E-state index is 0.123. The number of aromatic carboxylic acids is 1. The van der Waals surface area contributed by atoms with E-state index in [1.165, 1.54) is 18.3 Å². The summed E-state index contributed by atoms with van der Waals surface area (Å²) in [5, 5.41) is 13.2. The first-order valence-corrected chi connectivity index (χ1v) is 8.41. The van der Waals surface area contributed by atoms with Gasteiger partial charge in [0.1, 0.15) is 11.3 Å². The number of nitrogens with one attached hydrogen (secondary N) is 1. The standard InChI is InChI=1S/C14H17N3O5S/c1-3-17-9-10(8-15-17)16-23(20,21)11-5-6-13(22-4-2)12(7-11)14(18)19/h5-9,16H,3-4H2,1-2H3,(H,18,19). The summed E-state index contributed by atoms with van der Waals surface area (Å²) < 4.78 is 33.8. The fraction of sp³-hybridized carbons (Fsp3) is 0.286. The van der Waals surface area contributed by atoms with E-state index in [0.29, 0.717) is 12.2 Å². The number of aryl methyl sites for hydroxylation is 1. The van der Waals surface area contributed by atoms with Crippen molar-refractivity contribution >= 4 is 21.7 Å². The topological polar surface area (TPSA) is 111 Å². The Labute approximate surface area is 133 Å². The van der Waals surface area contributed by atoms with Crippen molar-refractivity contribution in [3.05, 3.63) is 36.2 Å². The quantitative estimate of drug-likeness (QED) is 0.796. The van der Waals surface area contributed by atoms with Gasteiger partial charge >= 0.3 is 5.97 Å². The number of sulfonamides is 1. The molecular formula is C14H17N3O5S. The Hall–Kier alpha value is -2.55. The summed E-state index contributed by atoms with van der Waals surface area (Å²) in [6.07, 6.45) is 2.93. The number of carboxylic acid groups (broad SMARTS) is 1. The van der Waals surface area contributed by atoms with E-state index in [0.717, 1.165) is 6.07 Å². The van der Waals surface area contributed by atoms with Gasteiger partial charge in [-0.2, -0.15) is 5.10 Å². The van der Waals surface area contributed by atoms with E-state index in [-0.39, 0.29) is 22.8 Å². The molecule has 0 aliphatic heterocycles. The van der Waals surface area contributed by atoms with Gasteiger partial charge in [-0.1, -0.05) is 0 Å². The van der Waals surface area contributed by atoms with Crippen molar-refractivity contribution in [3.63, 3.8) is 0 Å². The lowest BCUT2D eigenvalue weighted by atomic mass is 10.2. The SMILES string of the molecule is CCOc1ccc(S(=O)(=O)Nc2cnn(CC)c2)cc1C(=O)O. The molecule has 0 aliphatic carbocycles. The fourth-order valence-corrected chi connectivity index (χ4v) is 2.98. The van der Waals surface area contributed by atoms with Crippen molar-refractivity contribution in [1.82, 2.24) is 9.78 Å². The summed E-state index contributed by atoms with van der Waals surface area (Å²) in [4.78, 5) is 11.1. The van der Waals surface area contributed by atoms with E-state index < -0.39 is 16.0 Å². The number of carbonyl (C=O) groups is 1. The number of rotatable bonds is 7. The molecule has 0 radical (unpaired) electrons. The third-order valence-corrected chi connectivity index (χ3v) is 4.38.